The molecule has 0 aromatic carbocycles. The van der Waals surface area contributed by atoms with Crippen LogP contribution in [0.3, 0.4) is 0 Å². The Morgan fingerprint density at radius 1 is 1.04 bits per heavy atom. The number of primary amides is 2. The minimum Gasteiger partial charge on any atom is -0.370 e. The quantitative estimate of drug-likeness (QED) is 0.290. The topological polar surface area (TPSA) is 186 Å². The van der Waals surface area contributed by atoms with E-state index < -0.39 is 48.7 Å². The molecule has 0 bridgehead atoms. The lowest BCUT2D eigenvalue weighted by Gasteiger charge is -2.16. The predicted octanol–water partition coefficient (Wildman–Crippen LogP) is -2.91. The maximum absolute atomic E-state index is 12.0. The summed E-state index contributed by atoms with van der Waals surface area (Å²) in [4.78, 5) is 61.4. The number of nitrogens with zero attached hydrogens (tertiary/aromatic N) is 1. The standard InChI is InChI=1S/C16H22N6O5/c1-9(21-13(24)6-10-2-4-19-5-3-10)16(27)20-8-14(25)22-11(15(18)26)7-12(17)23/h2-5,9,11H,6-8H2,1H3,(H2,17,23)(H2,18,26)(H,20,27)(H,21,24)(H,22,25). The molecule has 1 rings (SSSR count). The van der Waals surface area contributed by atoms with Crippen molar-refractivity contribution in [3.05, 3.63) is 30.1 Å². The first-order valence-electron chi connectivity index (χ1n) is 8.02. The van der Waals surface area contributed by atoms with E-state index in [9.17, 15) is 24.0 Å². The van der Waals surface area contributed by atoms with Crippen molar-refractivity contribution in [2.45, 2.75) is 31.8 Å². The van der Waals surface area contributed by atoms with Crippen LogP contribution in [-0.4, -0.2) is 53.1 Å². The molecule has 2 atom stereocenters. The van der Waals surface area contributed by atoms with Crippen molar-refractivity contribution in [1.82, 2.24) is 20.9 Å². The summed E-state index contributed by atoms with van der Waals surface area (Å²) in [7, 11) is 0. The summed E-state index contributed by atoms with van der Waals surface area (Å²) < 4.78 is 0. The van der Waals surface area contributed by atoms with Crippen LogP contribution in [-0.2, 0) is 30.4 Å². The fourth-order valence-electron chi connectivity index (χ4n) is 2.03. The Labute approximate surface area is 155 Å². The van der Waals surface area contributed by atoms with E-state index in [1.165, 1.54) is 6.92 Å². The smallest absolute Gasteiger partial charge is 0.242 e. The summed E-state index contributed by atoms with van der Waals surface area (Å²) in [5, 5.41) is 7.00. The van der Waals surface area contributed by atoms with Gasteiger partial charge >= 0.3 is 0 Å². The van der Waals surface area contributed by atoms with Gasteiger partial charge in [0.15, 0.2) is 0 Å². The predicted molar refractivity (Wildman–Crippen MR) is 93.5 cm³/mol. The van der Waals surface area contributed by atoms with E-state index >= 15 is 0 Å². The van der Waals surface area contributed by atoms with Gasteiger partial charge in [0.1, 0.15) is 12.1 Å². The summed E-state index contributed by atoms with van der Waals surface area (Å²) in [5.41, 5.74) is 10.8. The van der Waals surface area contributed by atoms with Crippen LogP contribution in [0, 0.1) is 0 Å². The summed E-state index contributed by atoms with van der Waals surface area (Å²) in [6.45, 7) is 0.989. The number of hydrogen-bond acceptors (Lipinski definition) is 6. The first kappa shape index (κ1) is 21.5. The van der Waals surface area contributed by atoms with Crippen molar-refractivity contribution in [2.24, 2.45) is 11.5 Å². The molecule has 0 spiro atoms. The average Bonchev–Trinajstić information content (AvgIpc) is 2.59. The molecule has 146 valence electrons. The van der Waals surface area contributed by atoms with E-state index in [-0.39, 0.29) is 12.3 Å². The van der Waals surface area contributed by atoms with Crippen LogP contribution in [0.5, 0.6) is 0 Å². The highest BCUT2D eigenvalue weighted by molar-refractivity contribution is 5.93. The second-order valence-electron chi connectivity index (χ2n) is 5.73. The molecule has 0 radical (unpaired) electrons. The van der Waals surface area contributed by atoms with Gasteiger partial charge in [-0.2, -0.15) is 0 Å². The first-order valence-corrected chi connectivity index (χ1v) is 8.02. The fraction of sp³-hybridized carbons (Fsp3) is 0.375. The van der Waals surface area contributed by atoms with E-state index in [1.54, 1.807) is 24.5 Å². The Bertz CT molecular complexity index is 709. The minimum absolute atomic E-state index is 0.0774. The van der Waals surface area contributed by atoms with Crippen LogP contribution in [0.2, 0.25) is 0 Å². The van der Waals surface area contributed by atoms with Gasteiger partial charge in [-0.15, -0.1) is 0 Å². The summed E-state index contributed by atoms with van der Waals surface area (Å²) >= 11 is 0. The van der Waals surface area contributed by atoms with Crippen molar-refractivity contribution in [3.8, 4) is 0 Å². The zero-order valence-electron chi connectivity index (χ0n) is 14.7. The van der Waals surface area contributed by atoms with Crippen LogP contribution in [0.1, 0.15) is 18.9 Å². The van der Waals surface area contributed by atoms with Crippen molar-refractivity contribution in [3.63, 3.8) is 0 Å². The van der Waals surface area contributed by atoms with Gasteiger partial charge in [-0.1, -0.05) is 0 Å². The van der Waals surface area contributed by atoms with Gasteiger partial charge in [0.05, 0.1) is 19.4 Å². The van der Waals surface area contributed by atoms with Gasteiger partial charge < -0.3 is 27.4 Å². The Balaban J connectivity index is 2.41. The van der Waals surface area contributed by atoms with Crippen molar-refractivity contribution < 1.29 is 24.0 Å². The van der Waals surface area contributed by atoms with Gasteiger partial charge in [0.2, 0.25) is 29.5 Å². The van der Waals surface area contributed by atoms with Gasteiger partial charge in [-0.05, 0) is 24.6 Å². The molecule has 1 aromatic heterocycles. The molecule has 1 heterocycles. The highest BCUT2D eigenvalue weighted by atomic mass is 16.2. The van der Waals surface area contributed by atoms with E-state index in [2.05, 4.69) is 20.9 Å². The van der Waals surface area contributed by atoms with Gasteiger partial charge in [-0.25, -0.2) is 0 Å². The van der Waals surface area contributed by atoms with E-state index in [4.69, 9.17) is 11.5 Å². The van der Waals surface area contributed by atoms with Crippen LogP contribution in [0.15, 0.2) is 24.5 Å². The van der Waals surface area contributed by atoms with Crippen LogP contribution >= 0.6 is 0 Å². The number of carbonyl (C=O) groups excluding carboxylic acids is 5. The van der Waals surface area contributed by atoms with Crippen LogP contribution < -0.4 is 27.4 Å². The molecule has 5 amide bonds. The molecule has 0 aliphatic heterocycles. The lowest BCUT2D eigenvalue weighted by Crippen LogP contribution is -2.51. The third-order valence-electron chi connectivity index (χ3n) is 3.39. The SMILES string of the molecule is CC(NC(=O)Cc1ccncc1)C(=O)NCC(=O)NC(CC(N)=O)C(N)=O. The number of nitrogens with one attached hydrogen (secondary N) is 3. The number of amides is 5. The highest BCUT2D eigenvalue weighted by Gasteiger charge is 2.21. The Kier molecular flexibility index (Phi) is 8.36. The number of rotatable bonds is 10. The maximum Gasteiger partial charge on any atom is 0.242 e. The van der Waals surface area contributed by atoms with E-state index in [0.29, 0.717) is 0 Å². The highest BCUT2D eigenvalue weighted by Crippen LogP contribution is 1.98. The average molecular weight is 378 g/mol. The molecule has 0 saturated carbocycles. The lowest BCUT2D eigenvalue weighted by atomic mass is 10.2. The Morgan fingerprint density at radius 2 is 1.67 bits per heavy atom. The van der Waals surface area contributed by atoms with Crippen molar-refractivity contribution in [2.75, 3.05) is 6.54 Å². The van der Waals surface area contributed by atoms with Crippen molar-refractivity contribution in [1.29, 1.82) is 0 Å². The summed E-state index contributed by atoms with van der Waals surface area (Å²) in [6, 6.07) is 1.21. The second-order valence-corrected chi connectivity index (χ2v) is 5.73. The third kappa shape index (κ3) is 8.43. The Morgan fingerprint density at radius 3 is 2.22 bits per heavy atom. The number of pyridine rings is 1. The van der Waals surface area contributed by atoms with Crippen LogP contribution in [0.25, 0.3) is 0 Å². The molecular formula is C16H22N6O5. The maximum atomic E-state index is 12.0. The monoisotopic (exact) mass is 378 g/mol. The van der Waals surface area contributed by atoms with E-state index in [0.717, 1.165) is 5.56 Å². The fourth-order valence-corrected chi connectivity index (χ4v) is 2.03. The summed E-state index contributed by atoms with van der Waals surface area (Å²) in [6.07, 6.45) is 2.73. The molecule has 7 N–H and O–H groups in total. The minimum atomic E-state index is -1.26. The zero-order valence-corrected chi connectivity index (χ0v) is 14.7. The second kappa shape index (κ2) is 10.5. The normalized spacial score (nSPS) is 12.3. The molecule has 0 aliphatic rings. The van der Waals surface area contributed by atoms with Gasteiger partial charge in [0.25, 0.3) is 0 Å². The van der Waals surface area contributed by atoms with Gasteiger partial charge in [-0.3, -0.25) is 29.0 Å². The largest absolute Gasteiger partial charge is 0.370 e. The third-order valence-corrected chi connectivity index (χ3v) is 3.39. The molecule has 0 aliphatic carbocycles. The summed E-state index contributed by atoms with van der Waals surface area (Å²) in [5.74, 6) is -3.44. The zero-order chi connectivity index (χ0) is 20.4. The molecule has 2 unspecified atom stereocenters. The molecule has 0 saturated heterocycles. The molecule has 1 aromatic rings. The molecule has 0 fully saturated rings. The van der Waals surface area contributed by atoms with Gasteiger partial charge in [0, 0.05) is 12.4 Å². The van der Waals surface area contributed by atoms with Crippen molar-refractivity contribution >= 4 is 29.5 Å². The number of nitrogens with two attached hydrogens (primary N) is 2. The molecule has 11 nitrogen and oxygen atoms in total. The number of carbonyl (C=O) groups is 5. The number of aromatic nitrogens is 1. The lowest BCUT2D eigenvalue weighted by molar-refractivity contribution is -0.131. The number of hydrogen-bond donors (Lipinski definition) is 5. The van der Waals surface area contributed by atoms with E-state index in [1.807, 2.05) is 0 Å². The molecule has 27 heavy (non-hydrogen) atoms. The molecular weight excluding hydrogens is 356 g/mol. The molecule has 11 heteroatoms. The van der Waals surface area contributed by atoms with Crippen LogP contribution in [0.4, 0.5) is 0 Å². The first-order chi connectivity index (χ1) is 12.7. The Hall–Kier alpha value is -3.50.